The Kier molecular flexibility index (Phi) is 6.56. The van der Waals surface area contributed by atoms with Gasteiger partial charge in [0.1, 0.15) is 5.78 Å². The number of carbonyl (C=O) groups is 1. The van der Waals surface area contributed by atoms with Gasteiger partial charge in [-0.1, -0.05) is 6.92 Å². The lowest BCUT2D eigenvalue weighted by atomic mass is 10.1. The van der Waals surface area contributed by atoms with E-state index in [4.69, 9.17) is 0 Å². The molecule has 0 aliphatic rings. The average molecular weight is 225 g/mol. The van der Waals surface area contributed by atoms with Gasteiger partial charge in [0.2, 0.25) is 0 Å². The number of nitrogens with one attached hydrogen (secondary N) is 1. The van der Waals surface area contributed by atoms with Crippen molar-refractivity contribution < 1.29 is 18.0 Å². The molecule has 1 unspecified atom stereocenters. The minimum Gasteiger partial charge on any atom is -0.314 e. The summed E-state index contributed by atoms with van der Waals surface area (Å²) in [5.74, 6) is -0.104. The number of carbonyl (C=O) groups excluding carboxylic acids is 1. The zero-order chi connectivity index (χ0) is 11.9. The van der Waals surface area contributed by atoms with Gasteiger partial charge in [0.25, 0.3) is 0 Å². The molecule has 0 amide bonds. The van der Waals surface area contributed by atoms with Gasteiger partial charge >= 0.3 is 6.18 Å². The second-order valence-electron chi connectivity index (χ2n) is 3.67. The highest BCUT2D eigenvalue weighted by molar-refractivity contribution is 5.78. The molecule has 0 radical (unpaired) electrons. The predicted molar refractivity (Wildman–Crippen MR) is 52.7 cm³/mol. The van der Waals surface area contributed by atoms with Gasteiger partial charge in [0.05, 0.1) is 0 Å². The molecule has 0 heterocycles. The highest BCUT2D eigenvalue weighted by Crippen LogP contribution is 2.22. The third-order valence-electron chi connectivity index (χ3n) is 2.00. The van der Waals surface area contributed by atoms with E-state index in [-0.39, 0.29) is 24.7 Å². The Bertz CT molecular complexity index is 192. The molecule has 0 aromatic rings. The standard InChI is InChI=1S/C10H18F3NO/c1-3-14-8(2)7-9(15)5-4-6-10(11,12)13/h8,14H,3-7H2,1-2H3. The molecule has 0 fully saturated rings. The van der Waals surface area contributed by atoms with Crippen LogP contribution in [0.2, 0.25) is 0 Å². The number of hydrogen-bond acceptors (Lipinski definition) is 2. The highest BCUT2D eigenvalue weighted by atomic mass is 19.4. The molecular weight excluding hydrogens is 207 g/mol. The van der Waals surface area contributed by atoms with Crippen molar-refractivity contribution in [3.63, 3.8) is 0 Å². The van der Waals surface area contributed by atoms with Crippen molar-refractivity contribution in [2.75, 3.05) is 6.54 Å². The zero-order valence-corrected chi connectivity index (χ0v) is 9.16. The molecule has 1 atom stereocenters. The first kappa shape index (κ1) is 14.4. The van der Waals surface area contributed by atoms with E-state index >= 15 is 0 Å². The van der Waals surface area contributed by atoms with Crippen LogP contribution in [0.25, 0.3) is 0 Å². The first-order valence-corrected chi connectivity index (χ1v) is 5.17. The van der Waals surface area contributed by atoms with Crippen LogP contribution in [0.5, 0.6) is 0 Å². The number of hydrogen-bond donors (Lipinski definition) is 1. The summed E-state index contributed by atoms with van der Waals surface area (Å²) in [6.07, 6.45) is -4.77. The molecule has 0 spiro atoms. The normalized spacial score (nSPS) is 13.9. The molecule has 1 N–H and O–H groups in total. The Morgan fingerprint density at radius 3 is 2.47 bits per heavy atom. The molecule has 0 aliphatic heterocycles. The van der Waals surface area contributed by atoms with Gasteiger partial charge in [0.15, 0.2) is 0 Å². The van der Waals surface area contributed by atoms with Crippen LogP contribution < -0.4 is 5.32 Å². The zero-order valence-electron chi connectivity index (χ0n) is 9.16. The Morgan fingerprint density at radius 2 is 2.00 bits per heavy atom. The van der Waals surface area contributed by atoms with Crippen LogP contribution in [-0.2, 0) is 4.79 Å². The lowest BCUT2D eigenvalue weighted by Crippen LogP contribution is -2.28. The topological polar surface area (TPSA) is 29.1 Å². The van der Waals surface area contributed by atoms with Gasteiger partial charge in [-0.25, -0.2) is 0 Å². The molecule has 0 aromatic heterocycles. The maximum absolute atomic E-state index is 11.8. The molecule has 2 nitrogen and oxygen atoms in total. The Balaban J connectivity index is 3.58. The molecule has 15 heavy (non-hydrogen) atoms. The quantitative estimate of drug-likeness (QED) is 0.721. The van der Waals surface area contributed by atoms with Gasteiger partial charge in [-0.05, 0) is 19.9 Å². The third kappa shape index (κ3) is 9.72. The molecular formula is C10H18F3NO. The van der Waals surface area contributed by atoms with E-state index in [0.29, 0.717) is 6.42 Å². The molecule has 0 bridgehead atoms. The second-order valence-corrected chi connectivity index (χ2v) is 3.67. The summed E-state index contributed by atoms with van der Waals surface area (Å²) in [6.45, 7) is 4.53. The molecule has 0 saturated heterocycles. The second kappa shape index (κ2) is 6.82. The first-order valence-electron chi connectivity index (χ1n) is 5.17. The van der Waals surface area contributed by atoms with E-state index in [1.54, 1.807) is 0 Å². The monoisotopic (exact) mass is 225 g/mol. The van der Waals surface area contributed by atoms with Crippen LogP contribution in [-0.4, -0.2) is 24.5 Å². The van der Waals surface area contributed by atoms with Gasteiger partial charge in [0, 0.05) is 25.3 Å². The minimum atomic E-state index is -4.15. The Hall–Kier alpha value is -0.580. The summed E-state index contributed by atoms with van der Waals surface area (Å²) < 4.78 is 35.3. The summed E-state index contributed by atoms with van der Waals surface area (Å²) >= 11 is 0. The van der Waals surface area contributed by atoms with Crippen molar-refractivity contribution in [3.05, 3.63) is 0 Å². The van der Waals surface area contributed by atoms with Crippen molar-refractivity contribution in [1.29, 1.82) is 0 Å². The van der Waals surface area contributed by atoms with Crippen molar-refractivity contribution in [2.24, 2.45) is 0 Å². The van der Waals surface area contributed by atoms with Crippen molar-refractivity contribution in [1.82, 2.24) is 5.32 Å². The number of Topliss-reactive ketones (excluding diaryl/α,β-unsaturated/α-hetero) is 1. The van der Waals surface area contributed by atoms with Gasteiger partial charge in [-0.3, -0.25) is 4.79 Å². The maximum Gasteiger partial charge on any atom is 0.389 e. The maximum atomic E-state index is 11.8. The van der Waals surface area contributed by atoms with Gasteiger partial charge < -0.3 is 5.32 Å². The Labute approximate surface area is 88.2 Å². The predicted octanol–water partition coefficient (Wildman–Crippen LogP) is 2.68. The number of alkyl halides is 3. The summed E-state index contributed by atoms with van der Waals surface area (Å²) in [5.41, 5.74) is 0. The number of halogens is 3. The lowest BCUT2D eigenvalue weighted by Gasteiger charge is -2.11. The molecule has 0 saturated carbocycles. The number of ketones is 1. The average Bonchev–Trinajstić information content (AvgIpc) is 2.01. The fourth-order valence-corrected chi connectivity index (χ4v) is 1.35. The summed E-state index contributed by atoms with van der Waals surface area (Å²) in [5, 5.41) is 3.04. The van der Waals surface area contributed by atoms with E-state index in [9.17, 15) is 18.0 Å². The lowest BCUT2D eigenvalue weighted by molar-refractivity contribution is -0.137. The third-order valence-corrected chi connectivity index (χ3v) is 2.00. The van der Waals surface area contributed by atoms with Crippen molar-refractivity contribution in [3.8, 4) is 0 Å². The Morgan fingerprint density at radius 1 is 1.40 bits per heavy atom. The molecule has 0 aromatic carbocycles. The van der Waals surface area contributed by atoms with Crippen LogP contribution in [0.3, 0.4) is 0 Å². The smallest absolute Gasteiger partial charge is 0.314 e. The fourth-order valence-electron chi connectivity index (χ4n) is 1.35. The van der Waals surface area contributed by atoms with E-state index in [2.05, 4.69) is 5.32 Å². The molecule has 0 rings (SSSR count). The van der Waals surface area contributed by atoms with Crippen LogP contribution in [0.1, 0.15) is 39.5 Å². The SMILES string of the molecule is CCNC(C)CC(=O)CCCC(F)(F)F. The largest absolute Gasteiger partial charge is 0.389 e. The van der Waals surface area contributed by atoms with Gasteiger partial charge in [-0.2, -0.15) is 13.2 Å². The molecule has 90 valence electrons. The minimum absolute atomic E-state index is 0.0231. The van der Waals surface area contributed by atoms with Crippen LogP contribution in [0, 0.1) is 0 Å². The molecule has 0 aliphatic carbocycles. The van der Waals surface area contributed by atoms with E-state index in [0.717, 1.165) is 6.54 Å². The summed E-state index contributed by atoms with van der Waals surface area (Å²) in [6, 6.07) is 0.0494. The van der Waals surface area contributed by atoms with Crippen LogP contribution >= 0.6 is 0 Å². The number of rotatable bonds is 7. The summed E-state index contributed by atoms with van der Waals surface area (Å²) in [4.78, 5) is 11.2. The van der Waals surface area contributed by atoms with Crippen molar-refractivity contribution in [2.45, 2.75) is 51.7 Å². The fraction of sp³-hybridized carbons (Fsp3) is 0.900. The van der Waals surface area contributed by atoms with E-state index < -0.39 is 12.6 Å². The van der Waals surface area contributed by atoms with Crippen LogP contribution in [0.15, 0.2) is 0 Å². The van der Waals surface area contributed by atoms with Crippen LogP contribution in [0.4, 0.5) is 13.2 Å². The summed E-state index contributed by atoms with van der Waals surface area (Å²) in [7, 11) is 0. The van der Waals surface area contributed by atoms with Gasteiger partial charge in [-0.15, -0.1) is 0 Å². The first-order chi connectivity index (χ1) is 6.85. The van der Waals surface area contributed by atoms with E-state index in [1.165, 1.54) is 0 Å². The molecule has 5 heteroatoms. The van der Waals surface area contributed by atoms with Crippen molar-refractivity contribution >= 4 is 5.78 Å². The highest BCUT2D eigenvalue weighted by Gasteiger charge is 2.26. The van der Waals surface area contributed by atoms with E-state index in [1.807, 2.05) is 13.8 Å².